The highest BCUT2D eigenvalue weighted by atomic mass is 16.7. The third kappa shape index (κ3) is 6.76. The molecule has 5 aliphatic rings. The Morgan fingerprint density at radius 1 is 0.581 bits per heavy atom. The van der Waals surface area contributed by atoms with Crippen molar-refractivity contribution in [2.45, 2.75) is 149 Å². The van der Waals surface area contributed by atoms with E-state index in [9.17, 15) is 56.2 Å². The highest BCUT2D eigenvalue weighted by Gasteiger charge is 2.54. The van der Waals surface area contributed by atoms with E-state index in [0.29, 0.717) is 0 Å². The summed E-state index contributed by atoms with van der Waals surface area (Å²) in [6.45, 7) is 0.852. The molecule has 0 spiro atoms. The quantitative estimate of drug-likeness (QED) is 0.132. The van der Waals surface area contributed by atoms with Gasteiger partial charge >= 0.3 is 0 Å². The second kappa shape index (κ2) is 13.6. The maximum absolute atomic E-state index is 10.7. The fraction of sp³-hybridized carbons (Fsp3) is 1.00. The molecule has 0 aromatic rings. The van der Waals surface area contributed by atoms with E-state index in [0.717, 1.165) is 0 Å². The van der Waals surface area contributed by atoms with Crippen molar-refractivity contribution in [3.63, 3.8) is 0 Å². The van der Waals surface area contributed by atoms with Crippen LogP contribution in [0.5, 0.6) is 0 Å². The zero-order valence-electron chi connectivity index (χ0n) is 23.8. The van der Waals surface area contributed by atoms with Crippen LogP contribution in [0, 0.1) is 11.8 Å². The molecule has 43 heavy (non-hydrogen) atoms. The van der Waals surface area contributed by atoms with E-state index < -0.39 is 129 Å². The van der Waals surface area contributed by atoms with Crippen molar-refractivity contribution in [2.75, 3.05) is 6.61 Å². The summed E-state index contributed by atoms with van der Waals surface area (Å²) in [6.07, 6.45) is -21.8. The van der Waals surface area contributed by atoms with E-state index in [1.807, 2.05) is 0 Å². The first-order valence-corrected chi connectivity index (χ1v) is 15.0. The average molecular weight is 627 g/mol. The summed E-state index contributed by atoms with van der Waals surface area (Å²) < 4.78 is 29.9. The van der Waals surface area contributed by atoms with Gasteiger partial charge in [-0.1, -0.05) is 0 Å². The minimum Gasteiger partial charge on any atom is -0.394 e. The minimum absolute atomic E-state index is 0.0549. The van der Waals surface area contributed by atoms with Crippen molar-refractivity contribution >= 4 is 0 Å². The van der Waals surface area contributed by atoms with Crippen LogP contribution in [0.4, 0.5) is 0 Å². The van der Waals surface area contributed by atoms with Gasteiger partial charge in [-0.25, -0.2) is 0 Å². The number of ether oxygens (including phenoxy) is 5. The smallest absolute Gasteiger partial charge is 0.186 e. The van der Waals surface area contributed by atoms with Crippen LogP contribution in [0.2, 0.25) is 0 Å². The van der Waals surface area contributed by atoms with Gasteiger partial charge in [-0.05, 0) is 38.5 Å². The van der Waals surface area contributed by atoms with E-state index in [-0.39, 0.29) is 32.1 Å². The maximum Gasteiger partial charge on any atom is 0.186 e. The van der Waals surface area contributed by atoms with Crippen LogP contribution in [-0.4, -0.2) is 173 Å². The van der Waals surface area contributed by atoms with E-state index in [1.54, 1.807) is 0 Å². The summed E-state index contributed by atoms with van der Waals surface area (Å²) in [7, 11) is 0. The fourth-order valence-corrected chi connectivity index (χ4v) is 7.25. The molecule has 0 aromatic carbocycles. The molecule has 16 nitrogen and oxygen atoms in total. The summed E-state index contributed by atoms with van der Waals surface area (Å²) in [5.41, 5.74) is 0. The van der Waals surface area contributed by atoms with Gasteiger partial charge in [0.15, 0.2) is 12.6 Å². The lowest BCUT2D eigenvalue weighted by atomic mass is 9.72. The van der Waals surface area contributed by atoms with Gasteiger partial charge in [0.2, 0.25) is 0 Å². The largest absolute Gasteiger partial charge is 0.394 e. The van der Waals surface area contributed by atoms with Crippen LogP contribution < -0.4 is 0 Å². The second-order valence-corrected chi connectivity index (χ2v) is 12.7. The second-order valence-electron chi connectivity index (χ2n) is 12.7. The molecule has 11 N–H and O–H groups in total. The molecule has 8 unspecified atom stereocenters. The number of hydrogen-bond acceptors (Lipinski definition) is 16. The molecular formula is C27H46O16. The highest BCUT2D eigenvalue weighted by Crippen LogP contribution is 2.45. The Morgan fingerprint density at radius 2 is 1.16 bits per heavy atom. The molecule has 0 bridgehead atoms. The van der Waals surface area contributed by atoms with Gasteiger partial charge < -0.3 is 79.9 Å². The number of hydrogen-bond donors (Lipinski definition) is 11. The Hall–Kier alpha value is -0.640. The number of rotatable bonds is 6. The molecule has 3 saturated heterocycles. The van der Waals surface area contributed by atoms with E-state index in [1.165, 1.54) is 6.92 Å². The van der Waals surface area contributed by atoms with Crippen LogP contribution in [0.3, 0.4) is 0 Å². The molecule has 250 valence electrons. The Balaban J connectivity index is 1.39. The summed E-state index contributed by atoms with van der Waals surface area (Å²) in [4.78, 5) is 0. The first-order valence-electron chi connectivity index (χ1n) is 15.0. The first kappa shape index (κ1) is 33.7. The van der Waals surface area contributed by atoms with Gasteiger partial charge in [-0.2, -0.15) is 0 Å². The van der Waals surface area contributed by atoms with Crippen LogP contribution in [0.1, 0.15) is 39.0 Å². The molecular weight excluding hydrogens is 580 g/mol. The van der Waals surface area contributed by atoms with Crippen LogP contribution in [0.25, 0.3) is 0 Å². The lowest BCUT2D eigenvalue weighted by Crippen LogP contribution is -2.63. The summed E-state index contributed by atoms with van der Waals surface area (Å²) in [6, 6.07) is 0. The predicted octanol–water partition coefficient (Wildman–Crippen LogP) is -5.19. The molecule has 0 radical (unpaired) electrons. The molecule has 3 heterocycles. The van der Waals surface area contributed by atoms with Gasteiger partial charge in [0.05, 0.1) is 55.4 Å². The SMILES string of the molecule is C[C@@H]1O[C@H](OC2CC3C(CC(O)CC3O[C@H]3O[C@@H](CO)[C@H](O)[C@@H](O)[C@@H]3O)OC2C2CC(O)C(O)C(O)C2)[C@@H](O)[C@H](O)[C@@H]1O. The van der Waals surface area contributed by atoms with E-state index in [4.69, 9.17) is 23.7 Å². The lowest BCUT2D eigenvalue weighted by Gasteiger charge is -2.52. The normalized spacial score (nSPS) is 56.4. The molecule has 0 amide bonds. The standard InChI is InChI=1S/C27H46O16/c1-8-18(32)21(35)23(37)26(39-8)42-16-6-11-14(40-25(16)9-2-12(30)19(33)13(31)3-9)4-10(29)5-15(11)41-27-24(38)22(36)20(34)17(7-28)43-27/h8-38H,2-7H2,1H3/t8-,9?,10?,11?,12?,13?,14?,15?,16?,17-,18+,19?,20-,21+,22+,23-,24-,25?,26+,27-/m0/s1. The fourth-order valence-electron chi connectivity index (χ4n) is 7.25. The number of fused-ring (bicyclic) bond motifs is 1. The molecule has 3 aliphatic heterocycles. The Labute approximate surface area is 248 Å². The maximum atomic E-state index is 10.7. The zero-order valence-corrected chi connectivity index (χ0v) is 23.8. The monoisotopic (exact) mass is 626 g/mol. The molecule has 2 aliphatic carbocycles. The summed E-state index contributed by atoms with van der Waals surface area (Å²) in [5.74, 6) is -1.05. The number of aliphatic hydroxyl groups is 11. The molecule has 5 fully saturated rings. The van der Waals surface area contributed by atoms with Crippen molar-refractivity contribution in [2.24, 2.45) is 11.8 Å². The van der Waals surface area contributed by atoms with Crippen LogP contribution in [0.15, 0.2) is 0 Å². The molecule has 2 saturated carbocycles. The first-order chi connectivity index (χ1) is 20.3. The van der Waals surface area contributed by atoms with Gasteiger partial charge in [-0.15, -0.1) is 0 Å². The van der Waals surface area contributed by atoms with Gasteiger partial charge in [0.1, 0.15) is 48.8 Å². The molecule has 5 rings (SSSR count). The summed E-state index contributed by atoms with van der Waals surface area (Å²) in [5, 5.41) is 113. The third-order valence-corrected chi connectivity index (χ3v) is 9.78. The Bertz CT molecular complexity index is 900. The zero-order chi connectivity index (χ0) is 31.3. The van der Waals surface area contributed by atoms with Crippen molar-refractivity contribution in [3.05, 3.63) is 0 Å². The van der Waals surface area contributed by atoms with E-state index >= 15 is 0 Å². The molecule has 18 atom stereocenters. The topological polar surface area (TPSA) is 269 Å². The van der Waals surface area contributed by atoms with Crippen molar-refractivity contribution in [1.82, 2.24) is 0 Å². The predicted molar refractivity (Wildman–Crippen MR) is 139 cm³/mol. The van der Waals surface area contributed by atoms with Crippen molar-refractivity contribution in [1.29, 1.82) is 0 Å². The van der Waals surface area contributed by atoms with Gasteiger partial charge in [0, 0.05) is 12.3 Å². The van der Waals surface area contributed by atoms with E-state index in [2.05, 4.69) is 0 Å². The van der Waals surface area contributed by atoms with Crippen molar-refractivity contribution < 1.29 is 79.9 Å². The summed E-state index contributed by atoms with van der Waals surface area (Å²) >= 11 is 0. The average Bonchev–Trinajstić information content (AvgIpc) is 2.97. The Kier molecular flexibility index (Phi) is 10.7. The van der Waals surface area contributed by atoms with Gasteiger partial charge in [0.25, 0.3) is 0 Å². The molecule has 16 heteroatoms. The Morgan fingerprint density at radius 3 is 1.79 bits per heavy atom. The minimum atomic E-state index is -1.67. The molecule has 0 aromatic heterocycles. The third-order valence-electron chi connectivity index (χ3n) is 9.78. The number of aliphatic hydroxyl groups excluding tert-OH is 11. The van der Waals surface area contributed by atoms with Crippen molar-refractivity contribution in [3.8, 4) is 0 Å². The lowest BCUT2D eigenvalue weighted by molar-refractivity contribution is -0.342. The van der Waals surface area contributed by atoms with Gasteiger partial charge in [-0.3, -0.25) is 0 Å². The van der Waals surface area contributed by atoms with Crippen LogP contribution >= 0.6 is 0 Å². The van der Waals surface area contributed by atoms with Crippen LogP contribution in [-0.2, 0) is 23.7 Å². The highest BCUT2D eigenvalue weighted by molar-refractivity contribution is 5.01.